The summed E-state index contributed by atoms with van der Waals surface area (Å²) in [4.78, 5) is 4.28. The molecule has 1 unspecified atom stereocenters. The van der Waals surface area contributed by atoms with Crippen LogP contribution in [0.2, 0.25) is 0 Å². The maximum atomic E-state index is 5.65. The number of rotatable bonds is 3. The Hall–Kier alpha value is -1.69. The molecule has 1 rings (SSSR count). The van der Waals surface area contributed by atoms with E-state index in [4.69, 9.17) is 12.2 Å². The minimum Gasteiger partial charge on any atom is -0.397 e. The molecule has 1 atom stereocenters. The standard InChI is InChI=1S/C11H15N3/c1-4-9(5-2)14-11-7-6-10(12)8(3)13-11/h1,6-7,9H,5,12H2,2-3H3,(H,13,14). The van der Waals surface area contributed by atoms with Gasteiger partial charge >= 0.3 is 0 Å². The summed E-state index contributed by atoms with van der Waals surface area (Å²) in [6, 6.07) is 3.70. The molecule has 1 aromatic rings. The zero-order chi connectivity index (χ0) is 10.6. The van der Waals surface area contributed by atoms with Gasteiger partial charge in [-0.05, 0) is 25.5 Å². The second kappa shape index (κ2) is 4.52. The maximum absolute atomic E-state index is 5.65. The van der Waals surface area contributed by atoms with Crippen molar-refractivity contribution < 1.29 is 0 Å². The number of nitrogens with two attached hydrogens (primary N) is 1. The summed E-state index contributed by atoms with van der Waals surface area (Å²) in [5, 5.41) is 3.14. The first-order valence-electron chi connectivity index (χ1n) is 4.63. The van der Waals surface area contributed by atoms with Crippen LogP contribution in [0.25, 0.3) is 0 Å². The van der Waals surface area contributed by atoms with Gasteiger partial charge in [-0.1, -0.05) is 12.8 Å². The molecule has 0 aliphatic heterocycles. The lowest BCUT2D eigenvalue weighted by atomic mass is 10.2. The molecular formula is C11H15N3. The molecule has 0 fully saturated rings. The van der Waals surface area contributed by atoms with Crippen molar-refractivity contribution in [3.8, 4) is 12.3 Å². The Morgan fingerprint density at radius 2 is 2.36 bits per heavy atom. The summed E-state index contributed by atoms with van der Waals surface area (Å²) in [5.41, 5.74) is 7.17. The molecule has 0 aromatic carbocycles. The van der Waals surface area contributed by atoms with Gasteiger partial charge in [0.25, 0.3) is 0 Å². The Balaban J connectivity index is 2.78. The Morgan fingerprint density at radius 3 is 2.86 bits per heavy atom. The van der Waals surface area contributed by atoms with E-state index in [9.17, 15) is 0 Å². The van der Waals surface area contributed by atoms with Crippen molar-refractivity contribution in [1.82, 2.24) is 4.98 Å². The van der Waals surface area contributed by atoms with Gasteiger partial charge in [-0.25, -0.2) is 4.98 Å². The lowest BCUT2D eigenvalue weighted by Gasteiger charge is -2.12. The second-order valence-electron chi connectivity index (χ2n) is 3.14. The van der Waals surface area contributed by atoms with E-state index >= 15 is 0 Å². The summed E-state index contributed by atoms with van der Waals surface area (Å²) in [7, 11) is 0. The summed E-state index contributed by atoms with van der Waals surface area (Å²) in [6.07, 6.45) is 6.21. The fraction of sp³-hybridized carbons (Fsp3) is 0.364. The number of anilines is 2. The van der Waals surface area contributed by atoms with Crippen LogP contribution in [0, 0.1) is 19.3 Å². The number of aryl methyl sites for hydroxylation is 1. The quantitative estimate of drug-likeness (QED) is 0.713. The smallest absolute Gasteiger partial charge is 0.127 e. The molecule has 3 nitrogen and oxygen atoms in total. The fourth-order valence-corrected chi connectivity index (χ4v) is 1.09. The van der Waals surface area contributed by atoms with Gasteiger partial charge in [0.1, 0.15) is 5.82 Å². The predicted molar refractivity (Wildman–Crippen MR) is 59.9 cm³/mol. The molecule has 0 spiro atoms. The summed E-state index contributed by atoms with van der Waals surface area (Å²) in [5.74, 6) is 3.43. The van der Waals surface area contributed by atoms with Crippen molar-refractivity contribution in [3.63, 3.8) is 0 Å². The lowest BCUT2D eigenvalue weighted by Crippen LogP contribution is -2.16. The van der Waals surface area contributed by atoms with Crippen LogP contribution in [0.15, 0.2) is 12.1 Å². The molecule has 14 heavy (non-hydrogen) atoms. The number of nitrogens with zero attached hydrogens (tertiary/aromatic N) is 1. The van der Waals surface area contributed by atoms with Crippen LogP contribution in [0.3, 0.4) is 0 Å². The highest BCUT2D eigenvalue weighted by Gasteiger charge is 2.03. The average molecular weight is 189 g/mol. The second-order valence-corrected chi connectivity index (χ2v) is 3.14. The number of pyridine rings is 1. The Bertz CT molecular complexity index is 352. The van der Waals surface area contributed by atoms with Crippen molar-refractivity contribution in [1.29, 1.82) is 0 Å². The van der Waals surface area contributed by atoms with E-state index in [-0.39, 0.29) is 6.04 Å². The minimum absolute atomic E-state index is 0.0329. The molecule has 0 saturated carbocycles. The lowest BCUT2D eigenvalue weighted by molar-refractivity contribution is 0.849. The van der Waals surface area contributed by atoms with E-state index in [1.165, 1.54) is 0 Å². The van der Waals surface area contributed by atoms with Gasteiger partial charge in [-0.3, -0.25) is 0 Å². The predicted octanol–water partition coefficient (Wildman–Crippen LogP) is 1.80. The molecule has 3 heteroatoms. The Labute approximate surface area is 84.7 Å². The summed E-state index contributed by atoms with van der Waals surface area (Å²) >= 11 is 0. The van der Waals surface area contributed by atoms with Crippen molar-refractivity contribution >= 4 is 11.5 Å². The molecule has 74 valence electrons. The molecule has 1 aromatic heterocycles. The van der Waals surface area contributed by atoms with Crippen molar-refractivity contribution in [3.05, 3.63) is 17.8 Å². The van der Waals surface area contributed by atoms with E-state index in [0.717, 1.165) is 17.9 Å². The van der Waals surface area contributed by atoms with Gasteiger partial charge in [0.15, 0.2) is 0 Å². The topological polar surface area (TPSA) is 50.9 Å². The van der Waals surface area contributed by atoms with Crippen LogP contribution in [0.1, 0.15) is 19.0 Å². The van der Waals surface area contributed by atoms with Crippen LogP contribution >= 0.6 is 0 Å². The van der Waals surface area contributed by atoms with E-state index in [1.54, 1.807) is 0 Å². The molecule has 1 heterocycles. The van der Waals surface area contributed by atoms with E-state index in [0.29, 0.717) is 5.69 Å². The van der Waals surface area contributed by atoms with Gasteiger partial charge in [-0.2, -0.15) is 0 Å². The van der Waals surface area contributed by atoms with E-state index in [1.807, 2.05) is 26.0 Å². The van der Waals surface area contributed by atoms with Crippen LogP contribution in [-0.4, -0.2) is 11.0 Å². The molecule has 0 radical (unpaired) electrons. The molecule has 0 aliphatic rings. The van der Waals surface area contributed by atoms with Crippen LogP contribution in [-0.2, 0) is 0 Å². The van der Waals surface area contributed by atoms with Crippen LogP contribution in [0.5, 0.6) is 0 Å². The molecule has 0 saturated heterocycles. The first-order valence-corrected chi connectivity index (χ1v) is 4.63. The van der Waals surface area contributed by atoms with Crippen LogP contribution < -0.4 is 11.1 Å². The van der Waals surface area contributed by atoms with Crippen molar-refractivity contribution in [2.45, 2.75) is 26.3 Å². The highest BCUT2D eigenvalue weighted by molar-refractivity contribution is 5.49. The first-order chi connectivity index (χ1) is 6.67. The van der Waals surface area contributed by atoms with Crippen molar-refractivity contribution in [2.24, 2.45) is 0 Å². The maximum Gasteiger partial charge on any atom is 0.127 e. The van der Waals surface area contributed by atoms with Gasteiger partial charge in [0.05, 0.1) is 17.4 Å². The number of hydrogen-bond donors (Lipinski definition) is 2. The third-order valence-corrected chi connectivity index (χ3v) is 2.06. The summed E-state index contributed by atoms with van der Waals surface area (Å²) < 4.78 is 0. The third-order valence-electron chi connectivity index (χ3n) is 2.06. The highest BCUT2D eigenvalue weighted by Crippen LogP contribution is 2.12. The number of terminal acetylenes is 1. The average Bonchev–Trinajstić information content (AvgIpc) is 2.19. The Morgan fingerprint density at radius 1 is 1.64 bits per heavy atom. The Kier molecular flexibility index (Phi) is 3.35. The molecule has 0 aliphatic carbocycles. The molecule has 0 amide bonds. The number of nitrogen functional groups attached to an aromatic ring is 1. The minimum atomic E-state index is 0.0329. The van der Waals surface area contributed by atoms with Crippen molar-refractivity contribution in [2.75, 3.05) is 11.1 Å². The number of hydrogen-bond acceptors (Lipinski definition) is 3. The van der Waals surface area contributed by atoms with Crippen LogP contribution in [0.4, 0.5) is 11.5 Å². The van der Waals surface area contributed by atoms with Gasteiger partial charge in [0, 0.05) is 0 Å². The number of nitrogens with one attached hydrogen (secondary N) is 1. The largest absolute Gasteiger partial charge is 0.397 e. The highest BCUT2D eigenvalue weighted by atomic mass is 15.0. The van der Waals surface area contributed by atoms with Gasteiger partial charge in [0.2, 0.25) is 0 Å². The monoisotopic (exact) mass is 189 g/mol. The summed E-state index contributed by atoms with van der Waals surface area (Å²) in [6.45, 7) is 3.90. The van der Waals surface area contributed by atoms with Gasteiger partial charge < -0.3 is 11.1 Å². The molecular weight excluding hydrogens is 174 g/mol. The van der Waals surface area contributed by atoms with E-state index < -0.39 is 0 Å². The zero-order valence-electron chi connectivity index (χ0n) is 8.54. The SMILES string of the molecule is C#CC(CC)Nc1ccc(N)c(C)n1. The van der Waals surface area contributed by atoms with E-state index in [2.05, 4.69) is 16.2 Å². The normalized spacial score (nSPS) is 11.8. The molecule has 0 bridgehead atoms. The third kappa shape index (κ3) is 2.40. The fourth-order valence-electron chi connectivity index (χ4n) is 1.09. The zero-order valence-corrected chi connectivity index (χ0v) is 8.54. The molecule has 3 N–H and O–H groups in total. The first kappa shape index (κ1) is 10.4. The number of aromatic nitrogens is 1. The van der Waals surface area contributed by atoms with Gasteiger partial charge in [-0.15, -0.1) is 6.42 Å².